The molecule has 0 saturated carbocycles. The van der Waals surface area contributed by atoms with Crippen molar-refractivity contribution in [1.29, 1.82) is 0 Å². The van der Waals surface area contributed by atoms with Gasteiger partial charge in [0, 0.05) is 0 Å². The maximum atomic E-state index is 7.33. The van der Waals surface area contributed by atoms with Crippen molar-refractivity contribution in [1.82, 2.24) is 0 Å². The van der Waals surface area contributed by atoms with Gasteiger partial charge in [-0.2, -0.15) is 0 Å². The van der Waals surface area contributed by atoms with Crippen LogP contribution in [-0.2, 0) is 0 Å². The van der Waals surface area contributed by atoms with E-state index in [1.165, 1.54) is 0 Å². The van der Waals surface area contributed by atoms with Gasteiger partial charge in [-0.1, -0.05) is 0 Å². The molecule has 0 aliphatic carbocycles. The van der Waals surface area contributed by atoms with Gasteiger partial charge in [0.2, 0.25) is 0 Å². The van der Waals surface area contributed by atoms with Crippen LogP contribution in [0.2, 0.25) is 0 Å². The minimum Gasteiger partial charge on any atom is -1.00 e. The molecule has 0 aromatic rings. The SMILES string of the molecule is O[Si](O)(O)O.O[Si](O)(O)O.O[Si](O)(O)O.[H-].[Na+]. The quantitative estimate of drug-likeness (QED) is 0.186. The van der Waals surface area contributed by atoms with Crippen molar-refractivity contribution in [2.75, 3.05) is 0 Å². The molecule has 0 atom stereocenters. The van der Waals surface area contributed by atoms with Crippen molar-refractivity contribution in [3.8, 4) is 0 Å². The van der Waals surface area contributed by atoms with Gasteiger partial charge in [0.15, 0.2) is 0 Å². The van der Waals surface area contributed by atoms with E-state index in [4.69, 9.17) is 57.5 Å². The van der Waals surface area contributed by atoms with Gasteiger partial charge in [0.05, 0.1) is 0 Å². The summed E-state index contributed by atoms with van der Waals surface area (Å²) in [4.78, 5) is 87.9. The van der Waals surface area contributed by atoms with Crippen molar-refractivity contribution in [2.24, 2.45) is 0 Å². The maximum absolute atomic E-state index is 7.33. The Bertz CT molecular complexity index is 96.8. The third kappa shape index (κ3) is 2220. The molecule has 0 heterocycles. The fourth-order valence-corrected chi connectivity index (χ4v) is 0. The monoisotopic (exact) mass is 312 g/mol. The number of rotatable bonds is 0. The van der Waals surface area contributed by atoms with E-state index in [0.717, 1.165) is 0 Å². The van der Waals surface area contributed by atoms with Crippen LogP contribution in [0.5, 0.6) is 0 Å². The van der Waals surface area contributed by atoms with E-state index in [9.17, 15) is 0 Å². The van der Waals surface area contributed by atoms with Crippen molar-refractivity contribution < 1.29 is 88.5 Å². The zero-order valence-corrected chi connectivity index (χ0v) is 12.9. The Balaban J connectivity index is -0.0000000400. The van der Waals surface area contributed by atoms with Crippen LogP contribution < -0.4 is 29.6 Å². The summed E-state index contributed by atoms with van der Waals surface area (Å²) in [5.74, 6) is 0. The molecule has 12 nitrogen and oxygen atoms in total. The topological polar surface area (TPSA) is 243 Å². The van der Waals surface area contributed by atoms with Crippen LogP contribution in [0.25, 0.3) is 0 Å². The molecular formula is H13NaO12Si3. The van der Waals surface area contributed by atoms with Crippen LogP contribution in [0.4, 0.5) is 0 Å². The molecule has 0 amide bonds. The fourth-order valence-electron chi connectivity index (χ4n) is 0. The Morgan fingerprint density at radius 3 is 0.375 bits per heavy atom. The van der Waals surface area contributed by atoms with Crippen LogP contribution in [-0.4, -0.2) is 84.7 Å². The van der Waals surface area contributed by atoms with Crippen molar-refractivity contribution in [3.05, 3.63) is 0 Å². The molecule has 0 aromatic heterocycles. The first-order chi connectivity index (χ1) is 6.00. The number of hydrogen-bond donors (Lipinski definition) is 12. The molecule has 16 heteroatoms. The molecule has 0 bridgehead atoms. The van der Waals surface area contributed by atoms with E-state index >= 15 is 0 Å². The van der Waals surface area contributed by atoms with Crippen LogP contribution in [0.15, 0.2) is 0 Å². The normalized spacial score (nSPS) is 11.2. The van der Waals surface area contributed by atoms with E-state index in [1.54, 1.807) is 0 Å². The van der Waals surface area contributed by atoms with Gasteiger partial charge in [-0.3, -0.25) is 0 Å². The van der Waals surface area contributed by atoms with Crippen molar-refractivity contribution >= 4 is 27.1 Å². The Hall–Kier alpha value is 1.17. The van der Waals surface area contributed by atoms with Gasteiger partial charge in [-0.05, 0) is 0 Å². The average molecular weight is 312 g/mol. The Morgan fingerprint density at radius 2 is 0.375 bits per heavy atom. The summed E-state index contributed by atoms with van der Waals surface area (Å²) < 4.78 is 0. The molecule has 12 N–H and O–H groups in total. The third-order valence-electron chi connectivity index (χ3n) is 0. The average Bonchev–Trinajstić information content (AvgIpc) is 1.41. The zero-order valence-electron chi connectivity index (χ0n) is 8.87. The van der Waals surface area contributed by atoms with Crippen molar-refractivity contribution in [2.45, 2.75) is 0 Å². The van der Waals surface area contributed by atoms with E-state index in [1.807, 2.05) is 0 Å². The molecule has 0 saturated heterocycles. The molecule has 0 rings (SSSR count). The van der Waals surface area contributed by atoms with Gasteiger partial charge >= 0.3 is 56.7 Å². The first-order valence-corrected chi connectivity index (χ1v) is 8.05. The van der Waals surface area contributed by atoms with Gasteiger partial charge in [-0.15, -0.1) is 0 Å². The zero-order chi connectivity index (χ0) is 13.5. The van der Waals surface area contributed by atoms with E-state index in [2.05, 4.69) is 0 Å². The minimum atomic E-state index is -4.61. The molecule has 0 fully saturated rings. The third-order valence-corrected chi connectivity index (χ3v) is 0. The van der Waals surface area contributed by atoms with Crippen molar-refractivity contribution in [3.63, 3.8) is 0 Å². The van der Waals surface area contributed by atoms with E-state index in [0.29, 0.717) is 0 Å². The van der Waals surface area contributed by atoms with E-state index in [-0.39, 0.29) is 31.0 Å². The molecule has 0 spiro atoms. The molecule has 0 radical (unpaired) electrons. The summed E-state index contributed by atoms with van der Waals surface area (Å²) in [7, 11) is -13.8. The van der Waals surface area contributed by atoms with Crippen LogP contribution >= 0.6 is 0 Å². The second kappa shape index (κ2) is 10.1. The fraction of sp³-hybridized carbons (Fsp3) is 0. The van der Waals surface area contributed by atoms with Gasteiger partial charge in [0.25, 0.3) is 0 Å². The second-order valence-electron chi connectivity index (χ2n) is 1.80. The first kappa shape index (κ1) is 25.9. The maximum Gasteiger partial charge on any atom is 1.00 e. The Labute approximate surface area is 115 Å². The predicted molar refractivity (Wildman–Crippen MR) is 45.0 cm³/mol. The van der Waals surface area contributed by atoms with E-state index < -0.39 is 27.1 Å². The summed E-state index contributed by atoms with van der Waals surface area (Å²) in [5, 5.41) is 0. The molecule has 98 valence electrons. The standard InChI is InChI=1S/Na.3H4O4Si.H/c;3*1-5(2,3)4;/h;3*1-4H;/q+1;;;;-1. The smallest absolute Gasteiger partial charge is 1.00 e. The molecule has 0 aliphatic heterocycles. The van der Waals surface area contributed by atoms with Gasteiger partial charge in [-0.25, -0.2) is 0 Å². The Kier molecular flexibility index (Phi) is 16.4. The summed E-state index contributed by atoms with van der Waals surface area (Å²) in [6.07, 6.45) is 0. The summed E-state index contributed by atoms with van der Waals surface area (Å²) in [6, 6.07) is 0. The molecule has 0 aromatic carbocycles. The van der Waals surface area contributed by atoms with Crippen LogP contribution in [0, 0.1) is 0 Å². The number of hydrogen-bond acceptors (Lipinski definition) is 12. The molecule has 16 heavy (non-hydrogen) atoms. The minimum absolute atomic E-state index is 0. The van der Waals surface area contributed by atoms with Crippen LogP contribution in [0.3, 0.4) is 0 Å². The Morgan fingerprint density at radius 1 is 0.375 bits per heavy atom. The predicted octanol–water partition coefficient (Wildman–Crippen LogP) is -10.7. The van der Waals surface area contributed by atoms with Gasteiger partial charge < -0.3 is 59.0 Å². The largest absolute Gasteiger partial charge is 1.00 e. The molecule has 0 unspecified atom stereocenters. The molecule has 0 aliphatic rings. The summed E-state index contributed by atoms with van der Waals surface area (Å²) in [5.41, 5.74) is 0. The van der Waals surface area contributed by atoms with Gasteiger partial charge in [0.1, 0.15) is 0 Å². The van der Waals surface area contributed by atoms with Crippen LogP contribution in [0.1, 0.15) is 1.43 Å². The molecular weight excluding hydrogens is 299 g/mol. The second-order valence-corrected chi connectivity index (χ2v) is 5.40. The summed E-state index contributed by atoms with van der Waals surface area (Å²) >= 11 is 0. The first-order valence-electron chi connectivity index (χ1n) is 2.68. The summed E-state index contributed by atoms with van der Waals surface area (Å²) in [6.45, 7) is 0.